The van der Waals surface area contributed by atoms with E-state index >= 15 is 9.18 Å². The number of likely N-dealkylation sites (tertiary alicyclic amines) is 3. The highest BCUT2D eigenvalue weighted by molar-refractivity contribution is 6.09. The molecule has 2 aromatic heterocycles. The number of nitrogens with one attached hydrogen (secondary N) is 1. The summed E-state index contributed by atoms with van der Waals surface area (Å²) in [6, 6.07) is 15.7. The van der Waals surface area contributed by atoms with Crippen LogP contribution in [0.25, 0.3) is 22.3 Å². The SMILES string of the molecule is CC(C)n1cnc2cc(-c3ccc4c(c3)N(C3CC(N5CCCCC5)C3)C(=O)C43CCN(C(=O)C4CCN(C(=O)C5CCCCC5)CC4)CC3)nc(Nc3ccccc3F)c21. The van der Waals surface area contributed by atoms with Crippen LogP contribution in [0.1, 0.15) is 115 Å². The summed E-state index contributed by atoms with van der Waals surface area (Å²) in [4.78, 5) is 61.1. The van der Waals surface area contributed by atoms with Crippen molar-refractivity contribution in [2.45, 2.75) is 127 Å². The van der Waals surface area contributed by atoms with E-state index in [1.165, 1.54) is 31.7 Å². The van der Waals surface area contributed by atoms with Gasteiger partial charge in [-0.15, -0.1) is 0 Å². The van der Waals surface area contributed by atoms with Crippen LogP contribution in [0, 0.1) is 17.7 Å². The molecule has 2 saturated carbocycles. The Hall–Kier alpha value is -4.84. The lowest BCUT2D eigenvalue weighted by Gasteiger charge is -2.48. The first-order valence-corrected chi connectivity index (χ1v) is 23.4. The van der Waals surface area contributed by atoms with Gasteiger partial charge in [0.25, 0.3) is 0 Å². The fraction of sp³-hybridized carbons (Fsp3) is 0.571. The van der Waals surface area contributed by atoms with Crippen molar-refractivity contribution >= 4 is 45.9 Å². The number of anilines is 3. The van der Waals surface area contributed by atoms with Crippen molar-refractivity contribution in [3.63, 3.8) is 0 Å². The molecule has 11 nitrogen and oxygen atoms in total. The number of aromatic nitrogens is 3. The van der Waals surface area contributed by atoms with Crippen LogP contribution in [0.5, 0.6) is 0 Å². The van der Waals surface area contributed by atoms with E-state index in [4.69, 9.17) is 9.97 Å². The van der Waals surface area contributed by atoms with Crippen LogP contribution in [0.15, 0.2) is 54.9 Å². The first-order valence-electron chi connectivity index (χ1n) is 23.4. The van der Waals surface area contributed by atoms with E-state index in [0.29, 0.717) is 81.0 Å². The molecule has 0 radical (unpaired) electrons. The number of pyridine rings is 1. The molecule has 1 N–H and O–H groups in total. The average Bonchev–Trinajstić information content (AvgIpc) is 3.82. The van der Waals surface area contributed by atoms with Crippen molar-refractivity contribution in [2.24, 2.45) is 11.8 Å². The predicted octanol–water partition coefficient (Wildman–Crippen LogP) is 8.60. The van der Waals surface area contributed by atoms with Crippen LogP contribution >= 0.6 is 0 Å². The minimum atomic E-state index is -0.693. The highest BCUT2D eigenvalue weighted by atomic mass is 19.1. The molecule has 6 heterocycles. The number of fused-ring (bicyclic) bond motifs is 3. The van der Waals surface area contributed by atoms with Gasteiger partial charge >= 0.3 is 0 Å². The van der Waals surface area contributed by atoms with E-state index in [0.717, 1.165) is 79.5 Å². The van der Waals surface area contributed by atoms with E-state index < -0.39 is 5.41 Å². The molecule has 2 aliphatic carbocycles. The topological polar surface area (TPSA) is 107 Å². The van der Waals surface area contributed by atoms with Crippen molar-refractivity contribution in [3.8, 4) is 11.3 Å². The van der Waals surface area contributed by atoms with Crippen molar-refractivity contribution in [3.05, 3.63) is 66.2 Å². The second kappa shape index (κ2) is 16.5. The Kier molecular flexibility index (Phi) is 10.9. The molecule has 4 aliphatic heterocycles. The lowest BCUT2D eigenvalue weighted by Crippen LogP contribution is -2.58. The summed E-state index contributed by atoms with van der Waals surface area (Å²) in [5.41, 5.74) is 4.79. The Balaban J connectivity index is 0.921. The van der Waals surface area contributed by atoms with E-state index in [9.17, 15) is 9.59 Å². The molecule has 6 aliphatic rings. The van der Waals surface area contributed by atoms with Gasteiger partial charge in [0, 0.05) is 67.4 Å². The van der Waals surface area contributed by atoms with Gasteiger partial charge in [0.05, 0.1) is 28.6 Å². The van der Waals surface area contributed by atoms with Gasteiger partial charge < -0.3 is 29.5 Å². The maximum Gasteiger partial charge on any atom is 0.238 e. The summed E-state index contributed by atoms with van der Waals surface area (Å²) < 4.78 is 17.1. The summed E-state index contributed by atoms with van der Waals surface area (Å²) in [6.07, 6.45) is 15.7. The van der Waals surface area contributed by atoms with Crippen molar-refractivity contribution < 1.29 is 18.8 Å². The minimum Gasteiger partial charge on any atom is -0.342 e. The van der Waals surface area contributed by atoms with Crippen molar-refractivity contribution in [1.82, 2.24) is 29.2 Å². The maximum absolute atomic E-state index is 15.1. The van der Waals surface area contributed by atoms with Gasteiger partial charge in [-0.3, -0.25) is 14.4 Å². The van der Waals surface area contributed by atoms with Crippen LogP contribution in [-0.4, -0.2) is 98.3 Å². The fourth-order valence-electron chi connectivity index (χ4n) is 11.6. The fourth-order valence-corrected chi connectivity index (χ4v) is 11.6. The number of halogens is 1. The Bertz CT molecular complexity index is 2290. The van der Waals surface area contributed by atoms with Crippen molar-refractivity contribution in [2.75, 3.05) is 49.5 Å². The number of imidazole rings is 1. The zero-order valence-corrected chi connectivity index (χ0v) is 36.0. The van der Waals surface area contributed by atoms with Crippen LogP contribution in [0.3, 0.4) is 0 Å². The molecule has 0 unspecified atom stereocenters. The predicted molar refractivity (Wildman–Crippen MR) is 236 cm³/mol. The molecule has 3 amide bonds. The average molecular weight is 829 g/mol. The van der Waals surface area contributed by atoms with Gasteiger partial charge in [-0.2, -0.15) is 0 Å². The number of para-hydroxylation sites is 1. The minimum absolute atomic E-state index is 0.0775. The Labute approximate surface area is 359 Å². The molecule has 0 bridgehead atoms. The molecular weight excluding hydrogens is 768 g/mol. The number of nitrogens with zero attached hydrogens (tertiary/aromatic N) is 7. The standard InChI is InChI=1S/C49H61FN8O3/c1-32(2)57-31-51-42-30-41(53-45(44(42)57)52-40-14-8-7-13-39(40)50)35-15-16-38-43(27-35)58(37-28-36(29-37)54-21-9-4-10-22-54)48(61)49(38)19-25-56(26-20-49)47(60)34-17-23-55(24-18-34)46(59)33-11-5-3-6-12-33/h7-8,13-16,27,30-34,36-37H,3-6,9-12,17-26,28-29H2,1-2H3,(H,52,53). The molecular formula is C49H61FN8O3. The van der Waals surface area contributed by atoms with Gasteiger partial charge in [0.15, 0.2) is 5.82 Å². The zero-order chi connectivity index (χ0) is 41.8. The number of hydrogen-bond donors (Lipinski definition) is 1. The third-order valence-corrected chi connectivity index (χ3v) is 15.3. The molecule has 0 atom stereocenters. The van der Waals surface area contributed by atoms with E-state index in [1.807, 2.05) is 22.2 Å². The summed E-state index contributed by atoms with van der Waals surface area (Å²) in [7, 11) is 0. The summed E-state index contributed by atoms with van der Waals surface area (Å²) in [6.45, 7) is 8.87. The monoisotopic (exact) mass is 828 g/mol. The molecule has 3 saturated heterocycles. The lowest BCUT2D eigenvalue weighted by molar-refractivity contribution is -0.144. The smallest absolute Gasteiger partial charge is 0.238 e. The number of benzene rings is 2. The largest absolute Gasteiger partial charge is 0.342 e. The van der Waals surface area contributed by atoms with Crippen LogP contribution in [0.2, 0.25) is 0 Å². The molecule has 322 valence electrons. The molecule has 61 heavy (non-hydrogen) atoms. The Morgan fingerprint density at radius 2 is 1.46 bits per heavy atom. The van der Waals surface area contributed by atoms with Gasteiger partial charge in [0.2, 0.25) is 17.7 Å². The second-order valence-corrected chi connectivity index (χ2v) is 19.2. The zero-order valence-electron chi connectivity index (χ0n) is 36.0. The molecule has 2 aromatic carbocycles. The Morgan fingerprint density at radius 3 is 2.16 bits per heavy atom. The number of hydrogen-bond acceptors (Lipinski definition) is 7. The first-order chi connectivity index (χ1) is 29.7. The van der Waals surface area contributed by atoms with Crippen molar-refractivity contribution in [1.29, 1.82) is 0 Å². The third-order valence-electron chi connectivity index (χ3n) is 15.3. The van der Waals surface area contributed by atoms with E-state index in [1.54, 1.807) is 18.2 Å². The summed E-state index contributed by atoms with van der Waals surface area (Å²) in [5, 5.41) is 3.29. The molecule has 1 spiro atoms. The van der Waals surface area contributed by atoms with Crippen LogP contribution in [0.4, 0.5) is 21.6 Å². The maximum atomic E-state index is 15.1. The quantitative estimate of drug-likeness (QED) is 0.190. The van der Waals surface area contributed by atoms with Gasteiger partial charge in [-0.1, -0.05) is 49.9 Å². The first kappa shape index (κ1) is 40.2. The number of carbonyl (C=O) groups excluding carboxylic acids is 3. The number of carbonyl (C=O) groups is 3. The molecule has 4 aromatic rings. The number of piperidine rings is 3. The molecule has 5 fully saturated rings. The summed E-state index contributed by atoms with van der Waals surface area (Å²) in [5.74, 6) is 0.891. The van der Waals surface area contributed by atoms with Crippen LogP contribution < -0.4 is 10.2 Å². The summed E-state index contributed by atoms with van der Waals surface area (Å²) >= 11 is 0. The highest BCUT2D eigenvalue weighted by Gasteiger charge is 2.56. The van der Waals surface area contributed by atoms with Gasteiger partial charge in [0.1, 0.15) is 11.3 Å². The van der Waals surface area contributed by atoms with Crippen LogP contribution in [-0.2, 0) is 19.8 Å². The van der Waals surface area contributed by atoms with E-state index in [-0.39, 0.29) is 41.6 Å². The molecule has 10 rings (SSSR count). The second-order valence-electron chi connectivity index (χ2n) is 19.2. The molecule has 12 heteroatoms. The normalized spacial score (nSPS) is 23.8. The third kappa shape index (κ3) is 7.30. The number of rotatable bonds is 8. The van der Waals surface area contributed by atoms with Gasteiger partial charge in [-0.05, 0) is 121 Å². The highest BCUT2D eigenvalue weighted by Crippen LogP contribution is 2.52. The van der Waals surface area contributed by atoms with E-state index in [2.05, 4.69) is 51.7 Å². The number of amides is 3. The Morgan fingerprint density at radius 1 is 0.787 bits per heavy atom. The van der Waals surface area contributed by atoms with Gasteiger partial charge in [-0.25, -0.2) is 14.4 Å². The lowest BCUT2D eigenvalue weighted by atomic mass is 9.73.